The number of aromatic nitrogens is 1. The lowest BCUT2D eigenvalue weighted by Crippen LogP contribution is -1.97. The molecule has 0 saturated heterocycles. The van der Waals surface area contributed by atoms with Gasteiger partial charge in [-0.25, -0.2) is 4.98 Å². The summed E-state index contributed by atoms with van der Waals surface area (Å²) in [6.07, 6.45) is 1.99. The molecule has 0 atom stereocenters. The SMILES string of the molecule is CSc1nc(C(C)C)ccc1N. The molecule has 3 heteroatoms. The number of nitrogens with two attached hydrogens (primary N) is 1. The Balaban J connectivity index is 3.05. The van der Waals surface area contributed by atoms with E-state index in [-0.39, 0.29) is 0 Å². The van der Waals surface area contributed by atoms with E-state index < -0.39 is 0 Å². The van der Waals surface area contributed by atoms with Gasteiger partial charge in [0.25, 0.3) is 0 Å². The number of hydrogen-bond donors (Lipinski definition) is 1. The van der Waals surface area contributed by atoms with Crippen LogP contribution in [0.4, 0.5) is 5.69 Å². The van der Waals surface area contributed by atoms with E-state index in [1.54, 1.807) is 11.8 Å². The summed E-state index contributed by atoms with van der Waals surface area (Å²) in [4.78, 5) is 4.43. The molecule has 66 valence electrons. The van der Waals surface area contributed by atoms with Crippen LogP contribution in [-0.4, -0.2) is 11.2 Å². The van der Waals surface area contributed by atoms with Gasteiger partial charge in [-0.3, -0.25) is 0 Å². The maximum Gasteiger partial charge on any atom is 0.119 e. The fraction of sp³-hybridized carbons (Fsp3) is 0.444. The van der Waals surface area contributed by atoms with Crippen molar-refractivity contribution in [2.45, 2.75) is 24.8 Å². The molecule has 0 bridgehead atoms. The van der Waals surface area contributed by atoms with Gasteiger partial charge in [-0.15, -0.1) is 11.8 Å². The predicted molar refractivity (Wildman–Crippen MR) is 54.5 cm³/mol. The molecule has 0 aromatic carbocycles. The first-order valence-electron chi connectivity index (χ1n) is 3.95. The van der Waals surface area contributed by atoms with E-state index >= 15 is 0 Å². The highest BCUT2D eigenvalue weighted by atomic mass is 32.2. The zero-order chi connectivity index (χ0) is 9.14. The molecular weight excluding hydrogens is 168 g/mol. The molecule has 0 amide bonds. The van der Waals surface area contributed by atoms with Crippen LogP contribution in [0.2, 0.25) is 0 Å². The first-order chi connectivity index (χ1) is 5.65. The summed E-state index contributed by atoms with van der Waals surface area (Å²) in [5.41, 5.74) is 7.59. The molecule has 12 heavy (non-hydrogen) atoms. The molecule has 1 rings (SSSR count). The Morgan fingerprint density at radius 1 is 1.42 bits per heavy atom. The zero-order valence-electron chi connectivity index (χ0n) is 7.66. The van der Waals surface area contributed by atoms with Crippen LogP contribution in [0.5, 0.6) is 0 Å². The summed E-state index contributed by atoms with van der Waals surface area (Å²) in [5, 5.41) is 0.932. The normalized spacial score (nSPS) is 10.7. The lowest BCUT2D eigenvalue weighted by atomic mass is 10.1. The van der Waals surface area contributed by atoms with E-state index in [1.807, 2.05) is 18.4 Å². The van der Waals surface area contributed by atoms with Gasteiger partial charge < -0.3 is 5.73 Å². The monoisotopic (exact) mass is 182 g/mol. The smallest absolute Gasteiger partial charge is 0.119 e. The summed E-state index contributed by atoms with van der Waals surface area (Å²) >= 11 is 1.59. The van der Waals surface area contributed by atoms with Crippen molar-refractivity contribution in [2.24, 2.45) is 0 Å². The number of nitrogen functional groups attached to an aromatic ring is 1. The van der Waals surface area contributed by atoms with Crippen molar-refractivity contribution in [3.63, 3.8) is 0 Å². The largest absolute Gasteiger partial charge is 0.397 e. The Morgan fingerprint density at radius 2 is 2.08 bits per heavy atom. The van der Waals surface area contributed by atoms with Crippen LogP contribution < -0.4 is 5.73 Å². The minimum Gasteiger partial charge on any atom is -0.397 e. The third-order valence-electron chi connectivity index (χ3n) is 1.70. The maximum absolute atomic E-state index is 5.72. The molecule has 2 nitrogen and oxygen atoms in total. The second kappa shape index (κ2) is 3.81. The Kier molecular flexibility index (Phi) is 2.98. The van der Waals surface area contributed by atoms with Crippen LogP contribution in [0.15, 0.2) is 17.2 Å². The fourth-order valence-electron chi connectivity index (χ4n) is 0.951. The molecule has 0 radical (unpaired) electrons. The fourth-order valence-corrected chi connectivity index (χ4v) is 1.45. The molecule has 0 fully saturated rings. The Morgan fingerprint density at radius 3 is 2.58 bits per heavy atom. The molecule has 0 aliphatic rings. The van der Waals surface area contributed by atoms with Crippen molar-refractivity contribution in [1.82, 2.24) is 4.98 Å². The summed E-state index contributed by atoms with van der Waals surface area (Å²) in [7, 11) is 0. The van der Waals surface area contributed by atoms with Crippen molar-refractivity contribution >= 4 is 17.4 Å². The molecular formula is C9H14N2S. The Hall–Kier alpha value is -0.700. The van der Waals surface area contributed by atoms with Crippen molar-refractivity contribution in [2.75, 3.05) is 12.0 Å². The van der Waals surface area contributed by atoms with E-state index in [4.69, 9.17) is 5.73 Å². The molecule has 1 aromatic heterocycles. The van der Waals surface area contributed by atoms with Crippen LogP contribution in [0, 0.1) is 0 Å². The van der Waals surface area contributed by atoms with Gasteiger partial charge in [0.1, 0.15) is 5.03 Å². The van der Waals surface area contributed by atoms with Gasteiger partial charge in [0.2, 0.25) is 0 Å². The van der Waals surface area contributed by atoms with Gasteiger partial charge in [0.15, 0.2) is 0 Å². The van der Waals surface area contributed by atoms with E-state index in [0.717, 1.165) is 16.4 Å². The summed E-state index contributed by atoms with van der Waals surface area (Å²) in [6, 6.07) is 3.91. The summed E-state index contributed by atoms with van der Waals surface area (Å²) < 4.78 is 0. The lowest BCUT2D eigenvalue weighted by Gasteiger charge is -2.07. The summed E-state index contributed by atoms with van der Waals surface area (Å²) in [5.74, 6) is 0.469. The molecule has 0 spiro atoms. The van der Waals surface area contributed by atoms with E-state index in [2.05, 4.69) is 18.8 Å². The number of rotatable bonds is 2. The number of anilines is 1. The van der Waals surface area contributed by atoms with Crippen LogP contribution in [0.1, 0.15) is 25.5 Å². The van der Waals surface area contributed by atoms with Gasteiger partial charge in [0.05, 0.1) is 5.69 Å². The van der Waals surface area contributed by atoms with E-state index in [0.29, 0.717) is 5.92 Å². The molecule has 1 heterocycles. The highest BCUT2D eigenvalue weighted by molar-refractivity contribution is 7.98. The average Bonchev–Trinajstić information content (AvgIpc) is 2.05. The van der Waals surface area contributed by atoms with Crippen LogP contribution >= 0.6 is 11.8 Å². The first kappa shape index (κ1) is 9.39. The van der Waals surface area contributed by atoms with Gasteiger partial charge in [0, 0.05) is 5.69 Å². The van der Waals surface area contributed by atoms with Crippen molar-refractivity contribution in [1.29, 1.82) is 0 Å². The van der Waals surface area contributed by atoms with Crippen LogP contribution in [0.3, 0.4) is 0 Å². The van der Waals surface area contributed by atoms with Gasteiger partial charge in [-0.2, -0.15) is 0 Å². The third-order valence-corrected chi connectivity index (χ3v) is 2.41. The number of hydrogen-bond acceptors (Lipinski definition) is 3. The standard InChI is InChI=1S/C9H14N2S/c1-6(2)8-5-4-7(10)9(11-8)12-3/h4-6H,10H2,1-3H3. The minimum atomic E-state index is 0.469. The maximum atomic E-state index is 5.72. The highest BCUT2D eigenvalue weighted by Gasteiger charge is 2.04. The van der Waals surface area contributed by atoms with Crippen molar-refractivity contribution in [3.8, 4) is 0 Å². The third kappa shape index (κ3) is 1.91. The Labute approximate surface area is 77.6 Å². The van der Waals surface area contributed by atoms with Crippen molar-refractivity contribution < 1.29 is 0 Å². The zero-order valence-corrected chi connectivity index (χ0v) is 8.48. The van der Waals surface area contributed by atoms with Gasteiger partial charge in [-0.1, -0.05) is 13.8 Å². The number of nitrogens with zero attached hydrogens (tertiary/aromatic N) is 1. The molecule has 0 saturated carbocycles. The highest BCUT2D eigenvalue weighted by Crippen LogP contribution is 2.22. The quantitative estimate of drug-likeness (QED) is 0.714. The molecule has 0 unspecified atom stereocenters. The second-order valence-corrected chi connectivity index (χ2v) is 3.78. The molecule has 2 N–H and O–H groups in total. The molecule has 0 aliphatic carbocycles. The number of pyridine rings is 1. The van der Waals surface area contributed by atoms with E-state index in [9.17, 15) is 0 Å². The second-order valence-electron chi connectivity index (χ2n) is 2.99. The predicted octanol–water partition coefficient (Wildman–Crippen LogP) is 2.51. The average molecular weight is 182 g/mol. The molecule has 1 aromatic rings. The topological polar surface area (TPSA) is 38.9 Å². The van der Waals surface area contributed by atoms with Gasteiger partial charge in [-0.05, 0) is 24.3 Å². The summed E-state index contributed by atoms with van der Waals surface area (Å²) in [6.45, 7) is 4.26. The Bertz CT molecular complexity index is 271. The number of thioether (sulfide) groups is 1. The van der Waals surface area contributed by atoms with Gasteiger partial charge >= 0.3 is 0 Å². The first-order valence-corrected chi connectivity index (χ1v) is 5.18. The van der Waals surface area contributed by atoms with Crippen LogP contribution in [-0.2, 0) is 0 Å². The molecule has 0 aliphatic heterocycles. The lowest BCUT2D eigenvalue weighted by molar-refractivity contribution is 0.805. The van der Waals surface area contributed by atoms with E-state index in [1.165, 1.54) is 0 Å². The minimum absolute atomic E-state index is 0.469. The van der Waals surface area contributed by atoms with Crippen molar-refractivity contribution in [3.05, 3.63) is 17.8 Å². The van der Waals surface area contributed by atoms with Crippen LogP contribution in [0.25, 0.3) is 0 Å².